The van der Waals surface area contributed by atoms with Crippen LogP contribution in [0.15, 0.2) is 18.2 Å². The molecule has 0 unspecified atom stereocenters. The van der Waals surface area contributed by atoms with Gasteiger partial charge in [0, 0.05) is 37.2 Å². The molecule has 0 aliphatic heterocycles. The molecule has 0 aliphatic carbocycles. The number of rotatable bonds is 8. The van der Waals surface area contributed by atoms with Gasteiger partial charge in [0.2, 0.25) is 0 Å². The second-order valence-corrected chi connectivity index (χ2v) is 5.39. The van der Waals surface area contributed by atoms with E-state index < -0.39 is 0 Å². The van der Waals surface area contributed by atoms with Gasteiger partial charge in [0.1, 0.15) is 0 Å². The highest BCUT2D eigenvalue weighted by atomic mass is 16.6. The minimum atomic E-state index is -0.383. The third-order valence-corrected chi connectivity index (χ3v) is 2.70. The van der Waals surface area contributed by atoms with Crippen LogP contribution in [0.5, 0.6) is 0 Å². The molecular formula is C14H23N3O3. The van der Waals surface area contributed by atoms with Gasteiger partial charge in [-0.15, -0.1) is 0 Å². The molecule has 6 nitrogen and oxygen atoms in total. The number of nitro benzene ring substituents is 1. The number of non-ortho nitro benzene ring substituents is 1. The third kappa shape index (κ3) is 5.05. The zero-order chi connectivity index (χ0) is 15.2. The highest BCUT2D eigenvalue weighted by Crippen LogP contribution is 2.26. The third-order valence-electron chi connectivity index (χ3n) is 2.70. The van der Waals surface area contributed by atoms with Gasteiger partial charge in [-0.1, -0.05) is 6.92 Å². The first kappa shape index (κ1) is 16.2. The Hall–Kier alpha value is -1.82. The van der Waals surface area contributed by atoms with Crippen molar-refractivity contribution in [2.75, 3.05) is 30.9 Å². The Labute approximate surface area is 119 Å². The van der Waals surface area contributed by atoms with Crippen molar-refractivity contribution in [1.82, 2.24) is 0 Å². The van der Waals surface area contributed by atoms with Crippen LogP contribution in [0.2, 0.25) is 0 Å². The summed E-state index contributed by atoms with van der Waals surface area (Å²) in [6.07, 6.45) is 0.959. The lowest BCUT2D eigenvalue weighted by atomic mass is 10.1. The normalized spacial score (nSPS) is 11.2. The van der Waals surface area contributed by atoms with E-state index in [1.165, 1.54) is 6.07 Å². The molecule has 0 fully saturated rings. The van der Waals surface area contributed by atoms with Crippen molar-refractivity contribution in [3.05, 3.63) is 28.3 Å². The van der Waals surface area contributed by atoms with E-state index in [0.29, 0.717) is 12.3 Å². The largest absolute Gasteiger partial charge is 0.385 e. The fourth-order valence-electron chi connectivity index (χ4n) is 1.95. The lowest BCUT2D eigenvalue weighted by molar-refractivity contribution is -0.384. The van der Waals surface area contributed by atoms with Crippen molar-refractivity contribution < 1.29 is 9.66 Å². The van der Waals surface area contributed by atoms with Gasteiger partial charge in [-0.3, -0.25) is 10.1 Å². The van der Waals surface area contributed by atoms with Crippen molar-refractivity contribution >= 4 is 17.1 Å². The quantitative estimate of drug-likeness (QED) is 0.565. The Morgan fingerprint density at radius 2 is 1.95 bits per heavy atom. The van der Waals surface area contributed by atoms with Crippen LogP contribution in [0.4, 0.5) is 17.1 Å². The number of hydrogen-bond acceptors (Lipinski definition) is 5. The number of anilines is 2. The molecule has 0 amide bonds. The molecule has 0 aromatic heterocycles. The van der Waals surface area contributed by atoms with E-state index in [2.05, 4.69) is 10.6 Å². The average Bonchev–Trinajstić information content (AvgIpc) is 2.35. The first-order chi connectivity index (χ1) is 9.38. The van der Waals surface area contributed by atoms with Gasteiger partial charge in [0.25, 0.3) is 5.69 Å². The van der Waals surface area contributed by atoms with Gasteiger partial charge in [-0.2, -0.15) is 0 Å². The summed E-state index contributed by atoms with van der Waals surface area (Å²) >= 11 is 0. The fourth-order valence-corrected chi connectivity index (χ4v) is 1.95. The smallest absolute Gasteiger partial charge is 0.273 e. The van der Waals surface area contributed by atoms with Crippen molar-refractivity contribution in [1.29, 1.82) is 0 Å². The van der Waals surface area contributed by atoms with E-state index in [4.69, 9.17) is 4.74 Å². The molecule has 1 aromatic carbocycles. The van der Waals surface area contributed by atoms with Crippen LogP contribution >= 0.6 is 0 Å². The monoisotopic (exact) mass is 281 g/mol. The molecule has 0 heterocycles. The molecule has 0 saturated carbocycles. The van der Waals surface area contributed by atoms with Crippen molar-refractivity contribution in [3.8, 4) is 0 Å². The highest BCUT2D eigenvalue weighted by Gasteiger charge is 2.19. The van der Waals surface area contributed by atoms with Crippen LogP contribution in [0, 0.1) is 10.1 Å². The number of nitrogens with zero attached hydrogens (tertiary/aromatic N) is 1. The number of nitro groups is 1. The van der Waals surface area contributed by atoms with Crippen molar-refractivity contribution in [2.45, 2.75) is 32.7 Å². The molecule has 0 radical (unpaired) electrons. The molecule has 1 aromatic rings. The summed E-state index contributed by atoms with van der Waals surface area (Å²) < 4.78 is 5.14. The van der Waals surface area contributed by atoms with Crippen LogP contribution in [-0.4, -0.2) is 30.7 Å². The molecule has 0 aliphatic rings. The standard InChI is InChI=1S/C14H23N3O3/c1-5-6-15-11-7-12(9-13(8-11)17(18)19)16-14(2,3)10-20-4/h7-9,15-16H,5-6,10H2,1-4H3. The maximum Gasteiger partial charge on any atom is 0.273 e. The minimum Gasteiger partial charge on any atom is -0.385 e. The molecule has 6 heteroatoms. The van der Waals surface area contributed by atoms with Gasteiger partial charge in [0.05, 0.1) is 17.1 Å². The SMILES string of the molecule is CCCNc1cc(NC(C)(C)COC)cc([N+](=O)[O-])c1. The van der Waals surface area contributed by atoms with Crippen molar-refractivity contribution in [2.24, 2.45) is 0 Å². The first-order valence-corrected chi connectivity index (χ1v) is 6.68. The molecule has 0 bridgehead atoms. The van der Waals surface area contributed by atoms with E-state index in [1.807, 2.05) is 26.8 Å². The van der Waals surface area contributed by atoms with Crippen LogP contribution < -0.4 is 10.6 Å². The molecular weight excluding hydrogens is 258 g/mol. The number of methoxy groups -OCH3 is 1. The fraction of sp³-hybridized carbons (Fsp3) is 0.571. The average molecular weight is 281 g/mol. The van der Waals surface area contributed by atoms with Crippen LogP contribution in [-0.2, 0) is 4.74 Å². The Kier molecular flexibility index (Phi) is 5.76. The molecule has 112 valence electrons. The second kappa shape index (κ2) is 7.09. The maximum absolute atomic E-state index is 11.0. The van der Waals surface area contributed by atoms with Gasteiger partial charge in [-0.25, -0.2) is 0 Å². The number of benzene rings is 1. The Bertz CT molecular complexity index is 461. The second-order valence-electron chi connectivity index (χ2n) is 5.39. The molecule has 0 atom stereocenters. The van der Waals surface area contributed by atoms with Crippen LogP contribution in [0.3, 0.4) is 0 Å². The summed E-state index contributed by atoms with van der Waals surface area (Å²) in [5.41, 5.74) is 1.23. The summed E-state index contributed by atoms with van der Waals surface area (Å²) in [4.78, 5) is 10.6. The topological polar surface area (TPSA) is 76.4 Å². The molecule has 0 spiro atoms. The molecule has 20 heavy (non-hydrogen) atoms. The summed E-state index contributed by atoms with van der Waals surface area (Å²) in [6.45, 7) is 7.30. The van der Waals surface area contributed by atoms with E-state index >= 15 is 0 Å². The Morgan fingerprint density at radius 1 is 1.30 bits per heavy atom. The van der Waals surface area contributed by atoms with E-state index in [0.717, 1.165) is 18.7 Å². The molecule has 1 rings (SSSR count). The maximum atomic E-state index is 11.0. The summed E-state index contributed by atoms with van der Waals surface area (Å²) in [5, 5.41) is 17.4. The van der Waals surface area contributed by atoms with E-state index in [9.17, 15) is 10.1 Å². The first-order valence-electron chi connectivity index (χ1n) is 6.68. The predicted octanol–water partition coefficient (Wildman–Crippen LogP) is 3.25. The number of hydrogen-bond donors (Lipinski definition) is 2. The molecule has 2 N–H and O–H groups in total. The summed E-state index contributed by atoms with van der Waals surface area (Å²) in [7, 11) is 1.63. The molecule has 0 saturated heterocycles. The minimum absolute atomic E-state index is 0.0711. The summed E-state index contributed by atoms with van der Waals surface area (Å²) in [6, 6.07) is 4.96. The zero-order valence-corrected chi connectivity index (χ0v) is 12.5. The van der Waals surface area contributed by atoms with Crippen molar-refractivity contribution in [3.63, 3.8) is 0 Å². The van der Waals surface area contributed by atoms with Crippen LogP contribution in [0.1, 0.15) is 27.2 Å². The lowest BCUT2D eigenvalue weighted by Gasteiger charge is -2.26. The number of ether oxygens (including phenoxy) is 1. The number of nitrogens with one attached hydrogen (secondary N) is 2. The lowest BCUT2D eigenvalue weighted by Crippen LogP contribution is -2.35. The van der Waals surface area contributed by atoms with Gasteiger partial charge < -0.3 is 15.4 Å². The summed E-state index contributed by atoms with van der Waals surface area (Å²) in [5.74, 6) is 0. The van der Waals surface area contributed by atoms with Gasteiger partial charge in [-0.05, 0) is 26.3 Å². The highest BCUT2D eigenvalue weighted by molar-refractivity contribution is 5.64. The Morgan fingerprint density at radius 3 is 2.50 bits per heavy atom. The predicted molar refractivity (Wildman–Crippen MR) is 81.5 cm³/mol. The van der Waals surface area contributed by atoms with E-state index in [1.54, 1.807) is 13.2 Å². The van der Waals surface area contributed by atoms with Crippen LogP contribution in [0.25, 0.3) is 0 Å². The zero-order valence-electron chi connectivity index (χ0n) is 12.5. The van der Waals surface area contributed by atoms with E-state index in [-0.39, 0.29) is 16.1 Å². The Balaban J connectivity index is 2.99. The van der Waals surface area contributed by atoms with Gasteiger partial charge in [0.15, 0.2) is 0 Å². The van der Waals surface area contributed by atoms with Gasteiger partial charge >= 0.3 is 0 Å².